The van der Waals surface area contributed by atoms with Crippen molar-refractivity contribution in [2.75, 3.05) is 13.2 Å². The van der Waals surface area contributed by atoms with E-state index < -0.39 is 30.1 Å². The number of benzene rings is 3. The number of amides is 2. The second-order valence-corrected chi connectivity index (χ2v) is 9.38. The molecule has 1 aliphatic rings. The first-order valence-electron chi connectivity index (χ1n) is 12.8. The summed E-state index contributed by atoms with van der Waals surface area (Å²) in [6, 6.07) is 24.3. The molecule has 8 nitrogen and oxygen atoms in total. The normalized spacial score (nSPS) is 14.1. The SMILES string of the molecule is C/C(=C\CNC(=O)OCC1c2ccccc2-c2ccccc21)C(=O)N[C@@H](C(=O)O)[C@H](C)OCc1ccccc1. The summed E-state index contributed by atoms with van der Waals surface area (Å²) in [6.07, 6.45) is 0.136. The van der Waals surface area contributed by atoms with Gasteiger partial charge < -0.3 is 25.2 Å². The van der Waals surface area contributed by atoms with Crippen molar-refractivity contribution in [2.45, 2.75) is 38.5 Å². The maximum Gasteiger partial charge on any atom is 0.407 e. The van der Waals surface area contributed by atoms with E-state index in [0.717, 1.165) is 27.8 Å². The van der Waals surface area contributed by atoms with Crippen molar-refractivity contribution in [2.24, 2.45) is 0 Å². The van der Waals surface area contributed by atoms with E-state index in [1.54, 1.807) is 13.8 Å². The molecular weight excluding hydrogens is 496 g/mol. The number of aliphatic carboxylic acids is 1. The molecule has 4 rings (SSSR count). The molecule has 0 unspecified atom stereocenters. The minimum absolute atomic E-state index is 0.0493. The Balaban J connectivity index is 1.25. The van der Waals surface area contributed by atoms with Gasteiger partial charge in [0.05, 0.1) is 12.7 Å². The number of carboxylic acids is 1. The van der Waals surface area contributed by atoms with Crippen molar-refractivity contribution in [3.05, 3.63) is 107 Å². The maximum atomic E-state index is 12.6. The number of hydrogen-bond acceptors (Lipinski definition) is 5. The zero-order valence-corrected chi connectivity index (χ0v) is 21.9. The third kappa shape index (κ3) is 6.91. The third-order valence-electron chi connectivity index (χ3n) is 6.73. The topological polar surface area (TPSA) is 114 Å². The Hall–Kier alpha value is -4.43. The standard InChI is InChI=1S/C31H32N2O6/c1-20(29(34)33-28(30(35)36)21(2)38-18-22-10-4-3-5-11-22)16-17-32-31(37)39-19-27-25-14-8-6-12-23(25)24-13-7-9-15-26(24)27/h3-16,21,27-28H,17-19H2,1-2H3,(H,32,37)(H,33,34)(H,35,36)/b20-16+/t21-,28+/m0/s1. The van der Waals surface area contributed by atoms with E-state index in [1.807, 2.05) is 66.7 Å². The van der Waals surface area contributed by atoms with Crippen LogP contribution in [0.4, 0.5) is 4.79 Å². The van der Waals surface area contributed by atoms with Crippen LogP contribution in [0.15, 0.2) is 90.5 Å². The van der Waals surface area contributed by atoms with E-state index >= 15 is 0 Å². The van der Waals surface area contributed by atoms with Crippen molar-refractivity contribution in [3.63, 3.8) is 0 Å². The largest absolute Gasteiger partial charge is 0.480 e. The van der Waals surface area contributed by atoms with E-state index in [1.165, 1.54) is 6.08 Å². The van der Waals surface area contributed by atoms with Crippen molar-refractivity contribution in [1.29, 1.82) is 0 Å². The summed E-state index contributed by atoms with van der Waals surface area (Å²) in [5, 5.41) is 14.7. The van der Waals surface area contributed by atoms with Crippen LogP contribution in [-0.4, -0.2) is 48.4 Å². The van der Waals surface area contributed by atoms with Crippen molar-refractivity contribution in [3.8, 4) is 11.1 Å². The molecule has 39 heavy (non-hydrogen) atoms. The van der Waals surface area contributed by atoms with Crippen LogP contribution in [0.25, 0.3) is 11.1 Å². The Morgan fingerprint density at radius 3 is 2.13 bits per heavy atom. The highest BCUT2D eigenvalue weighted by Crippen LogP contribution is 2.44. The number of nitrogens with one attached hydrogen (secondary N) is 2. The Kier molecular flexibility index (Phi) is 9.12. The fraction of sp³-hybridized carbons (Fsp3) is 0.258. The van der Waals surface area contributed by atoms with Crippen molar-refractivity contribution >= 4 is 18.0 Å². The Morgan fingerprint density at radius 1 is 0.923 bits per heavy atom. The smallest absolute Gasteiger partial charge is 0.407 e. The number of carboxylic acid groups (broad SMARTS) is 1. The summed E-state index contributed by atoms with van der Waals surface area (Å²) < 4.78 is 11.2. The highest BCUT2D eigenvalue weighted by atomic mass is 16.5. The number of carbonyl (C=O) groups is 3. The summed E-state index contributed by atoms with van der Waals surface area (Å²) in [5.41, 5.74) is 5.69. The molecule has 0 saturated carbocycles. The quantitative estimate of drug-likeness (QED) is 0.312. The lowest BCUT2D eigenvalue weighted by atomic mass is 9.98. The summed E-state index contributed by atoms with van der Waals surface area (Å²) in [4.78, 5) is 36.7. The minimum Gasteiger partial charge on any atom is -0.480 e. The molecule has 0 heterocycles. The Labute approximate surface area is 227 Å². The molecular formula is C31H32N2O6. The molecule has 0 bridgehead atoms. The number of alkyl carbamates (subject to hydrolysis) is 1. The molecule has 0 aromatic heterocycles. The molecule has 3 aromatic carbocycles. The van der Waals surface area contributed by atoms with Crippen LogP contribution in [0.1, 0.15) is 36.5 Å². The van der Waals surface area contributed by atoms with Gasteiger partial charge in [0.15, 0.2) is 6.04 Å². The fourth-order valence-electron chi connectivity index (χ4n) is 4.56. The monoisotopic (exact) mass is 528 g/mol. The van der Waals surface area contributed by atoms with Crippen molar-refractivity contribution < 1.29 is 29.0 Å². The van der Waals surface area contributed by atoms with Gasteiger partial charge in [0.25, 0.3) is 0 Å². The first-order chi connectivity index (χ1) is 18.8. The molecule has 2 atom stereocenters. The zero-order valence-electron chi connectivity index (χ0n) is 21.9. The molecule has 202 valence electrons. The lowest BCUT2D eigenvalue weighted by molar-refractivity contribution is -0.146. The highest BCUT2D eigenvalue weighted by molar-refractivity contribution is 5.95. The molecule has 0 spiro atoms. The molecule has 0 saturated heterocycles. The van der Waals surface area contributed by atoms with E-state index in [0.29, 0.717) is 0 Å². The first kappa shape index (κ1) is 27.6. The highest BCUT2D eigenvalue weighted by Gasteiger charge is 2.29. The minimum atomic E-state index is -1.24. The molecule has 2 amide bonds. The second kappa shape index (κ2) is 12.9. The lowest BCUT2D eigenvalue weighted by Gasteiger charge is -2.22. The number of hydrogen-bond donors (Lipinski definition) is 3. The zero-order chi connectivity index (χ0) is 27.8. The van der Waals surface area contributed by atoms with Crippen LogP contribution in [0.5, 0.6) is 0 Å². The predicted molar refractivity (Wildman–Crippen MR) is 147 cm³/mol. The first-order valence-corrected chi connectivity index (χ1v) is 12.8. The van der Waals surface area contributed by atoms with Gasteiger partial charge in [-0.25, -0.2) is 9.59 Å². The summed E-state index contributed by atoms with van der Waals surface area (Å²) in [7, 11) is 0. The van der Waals surface area contributed by atoms with Gasteiger partial charge in [-0.05, 0) is 41.7 Å². The van der Waals surface area contributed by atoms with Crippen LogP contribution < -0.4 is 10.6 Å². The molecule has 0 radical (unpaired) electrons. The molecule has 0 aliphatic heterocycles. The van der Waals surface area contributed by atoms with Crippen LogP contribution in [-0.2, 0) is 25.7 Å². The predicted octanol–water partition coefficient (Wildman–Crippen LogP) is 4.65. The van der Waals surface area contributed by atoms with Gasteiger partial charge in [-0.3, -0.25) is 4.79 Å². The van der Waals surface area contributed by atoms with Gasteiger partial charge in [0.2, 0.25) is 5.91 Å². The fourth-order valence-corrected chi connectivity index (χ4v) is 4.56. The molecule has 0 fully saturated rings. The Bertz CT molecular complexity index is 1310. The van der Waals surface area contributed by atoms with Crippen molar-refractivity contribution in [1.82, 2.24) is 10.6 Å². The Morgan fingerprint density at radius 2 is 1.51 bits per heavy atom. The molecule has 8 heteroatoms. The third-order valence-corrected chi connectivity index (χ3v) is 6.73. The van der Waals surface area contributed by atoms with Crippen LogP contribution >= 0.6 is 0 Å². The average molecular weight is 529 g/mol. The molecule has 3 N–H and O–H groups in total. The van der Waals surface area contributed by atoms with E-state index in [4.69, 9.17) is 9.47 Å². The van der Waals surface area contributed by atoms with Gasteiger partial charge >= 0.3 is 12.1 Å². The number of ether oxygens (including phenoxy) is 2. The van der Waals surface area contributed by atoms with Gasteiger partial charge in [-0.2, -0.15) is 0 Å². The second-order valence-electron chi connectivity index (χ2n) is 9.38. The summed E-state index contributed by atoms with van der Waals surface area (Å²) in [5.74, 6) is -1.81. The summed E-state index contributed by atoms with van der Waals surface area (Å²) in [6.45, 7) is 3.60. The lowest BCUT2D eigenvalue weighted by Crippen LogP contribution is -2.48. The number of fused-ring (bicyclic) bond motifs is 3. The number of rotatable bonds is 11. The van der Waals surface area contributed by atoms with Crippen LogP contribution in [0.3, 0.4) is 0 Å². The summed E-state index contributed by atoms with van der Waals surface area (Å²) >= 11 is 0. The van der Waals surface area contributed by atoms with E-state index in [-0.39, 0.29) is 31.2 Å². The van der Waals surface area contributed by atoms with E-state index in [9.17, 15) is 19.5 Å². The number of carbonyl (C=O) groups excluding carboxylic acids is 2. The van der Waals surface area contributed by atoms with Crippen LogP contribution in [0.2, 0.25) is 0 Å². The average Bonchev–Trinajstić information content (AvgIpc) is 3.27. The van der Waals surface area contributed by atoms with Gasteiger partial charge in [-0.1, -0.05) is 84.9 Å². The van der Waals surface area contributed by atoms with Crippen LogP contribution in [0, 0.1) is 0 Å². The van der Waals surface area contributed by atoms with Gasteiger partial charge in [0, 0.05) is 18.0 Å². The molecule has 1 aliphatic carbocycles. The molecule has 3 aromatic rings. The van der Waals surface area contributed by atoms with Gasteiger partial charge in [-0.15, -0.1) is 0 Å². The van der Waals surface area contributed by atoms with E-state index in [2.05, 4.69) is 22.8 Å². The van der Waals surface area contributed by atoms with Gasteiger partial charge in [0.1, 0.15) is 6.61 Å². The maximum absolute atomic E-state index is 12.6.